The Bertz CT molecular complexity index is 652. The van der Waals surface area contributed by atoms with Gasteiger partial charge in [-0.25, -0.2) is 4.39 Å². The van der Waals surface area contributed by atoms with Crippen LogP contribution >= 0.6 is 0 Å². The summed E-state index contributed by atoms with van der Waals surface area (Å²) >= 11 is 0. The van der Waals surface area contributed by atoms with Gasteiger partial charge < -0.3 is 10.0 Å². The first-order valence-corrected chi connectivity index (χ1v) is 7.64. The minimum atomic E-state index is -0.785. The van der Waals surface area contributed by atoms with Crippen molar-refractivity contribution in [2.45, 2.75) is 32.4 Å². The molecule has 2 rings (SSSR count). The zero-order valence-corrected chi connectivity index (χ0v) is 13.7. The third-order valence-corrected chi connectivity index (χ3v) is 4.28. The number of carbonyl (C=O) groups excluding carboxylic acids is 1. The Morgan fingerprint density at radius 1 is 1.17 bits per heavy atom. The number of rotatable bonds is 5. The molecule has 4 heteroatoms. The van der Waals surface area contributed by atoms with Crippen LogP contribution in [0.15, 0.2) is 48.5 Å². The summed E-state index contributed by atoms with van der Waals surface area (Å²) in [5, 5.41) is 10.4. The lowest BCUT2D eigenvalue weighted by molar-refractivity contribution is -0.133. The molecule has 2 aromatic carbocycles. The molecule has 1 N–H and O–H groups in total. The van der Waals surface area contributed by atoms with Crippen LogP contribution in [-0.2, 0) is 11.2 Å². The van der Waals surface area contributed by atoms with Gasteiger partial charge in [-0.3, -0.25) is 4.79 Å². The van der Waals surface area contributed by atoms with Crippen LogP contribution in [0.2, 0.25) is 0 Å². The van der Waals surface area contributed by atoms with E-state index in [1.807, 2.05) is 30.3 Å². The molecule has 0 fully saturated rings. The van der Waals surface area contributed by atoms with E-state index in [4.69, 9.17) is 0 Å². The Morgan fingerprint density at radius 3 is 2.43 bits per heavy atom. The first-order valence-electron chi connectivity index (χ1n) is 7.64. The summed E-state index contributed by atoms with van der Waals surface area (Å²) in [5.41, 5.74) is 1.91. The molecule has 0 aliphatic heterocycles. The predicted molar refractivity (Wildman–Crippen MR) is 88.5 cm³/mol. The van der Waals surface area contributed by atoms with Gasteiger partial charge in [-0.1, -0.05) is 42.5 Å². The zero-order chi connectivity index (χ0) is 17.0. The van der Waals surface area contributed by atoms with E-state index >= 15 is 0 Å². The van der Waals surface area contributed by atoms with Gasteiger partial charge in [0.15, 0.2) is 0 Å². The van der Waals surface area contributed by atoms with Crippen molar-refractivity contribution >= 4 is 5.91 Å². The Labute approximate surface area is 136 Å². The lowest BCUT2D eigenvalue weighted by Crippen LogP contribution is -2.40. The van der Waals surface area contributed by atoms with Crippen molar-refractivity contribution in [3.63, 3.8) is 0 Å². The molecule has 0 saturated carbocycles. The van der Waals surface area contributed by atoms with Gasteiger partial charge >= 0.3 is 0 Å². The molecule has 0 aromatic heterocycles. The highest BCUT2D eigenvalue weighted by atomic mass is 19.1. The molecule has 0 aliphatic rings. The summed E-state index contributed by atoms with van der Waals surface area (Å²) in [7, 11) is 1.63. The fourth-order valence-electron chi connectivity index (χ4n) is 2.53. The predicted octanol–water partition coefficient (Wildman–Crippen LogP) is 3.26. The quantitative estimate of drug-likeness (QED) is 0.920. The van der Waals surface area contributed by atoms with Crippen LogP contribution in [0.3, 0.4) is 0 Å². The molecule has 0 bridgehead atoms. The molecule has 0 spiro atoms. The number of carbonyl (C=O) groups is 1. The average molecular weight is 315 g/mol. The van der Waals surface area contributed by atoms with E-state index in [9.17, 15) is 14.3 Å². The highest BCUT2D eigenvalue weighted by Crippen LogP contribution is 2.21. The first kappa shape index (κ1) is 17.2. The second kappa shape index (κ2) is 7.38. The number of aliphatic hydroxyl groups is 1. The van der Waals surface area contributed by atoms with Gasteiger partial charge in [-0.05, 0) is 31.0 Å². The second-order valence-corrected chi connectivity index (χ2v) is 5.81. The summed E-state index contributed by atoms with van der Waals surface area (Å²) in [5.74, 6) is -0.594. The standard InChI is InChI=1S/C19H22FNO2/c1-13-8-7-11-17(20)16(13)12-18(22)21(3)14(2)19(23)15-9-5-4-6-10-15/h4-11,14,19,23H,12H2,1-3H3. The molecule has 2 atom stereocenters. The topological polar surface area (TPSA) is 40.5 Å². The summed E-state index contributed by atoms with van der Waals surface area (Å²) in [6, 6.07) is 13.6. The van der Waals surface area contributed by atoms with Crippen LogP contribution < -0.4 is 0 Å². The fourth-order valence-corrected chi connectivity index (χ4v) is 2.53. The van der Waals surface area contributed by atoms with Gasteiger partial charge in [0.2, 0.25) is 5.91 Å². The van der Waals surface area contributed by atoms with E-state index in [0.717, 1.165) is 11.1 Å². The van der Waals surface area contributed by atoms with Crippen LogP contribution in [0.4, 0.5) is 4.39 Å². The van der Waals surface area contributed by atoms with Crippen LogP contribution in [0, 0.1) is 12.7 Å². The Balaban J connectivity index is 2.10. The highest BCUT2D eigenvalue weighted by molar-refractivity contribution is 5.79. The number of benzene rings is 2. The van der Waals surface area contributed by atoms with E-state index in [1.165, 1.54) is 11.0 Å². The third-order valence-electron chi connectivity index (χ3n) is 4.28. The van der Waals surface area contributed by atoms with Crippen LogP contribution in [0.1, 0.15) is 29.7 Å². The summed E-state index contributed by atoms with van der Waals surface area (Å²) < 4.78 is 13.9. The lowest BCUT2D eigenvalue weighted by Gasteiger charge is -2.29. The fraction of sp³-hybridized carbons (Fsp3) is 0.316. The number of likely N-dealkylation sites (N-methyl/N-ethyl adjacent to an activating group) is 1. The average Bonchev–Trinajstić information content (AvgIpc) is 2.57. The SMILES string of the molecule is Cc1cccc(F)c1CC(=O)N(C)C(C)C(O)c1ccccc1. The molecule has 122 valence electrons. The van der Waals surface area contributed by atoms with E-state index in [0.29, 0.717) is 5.56 Å². The molecule has 2 aromatic rings. The van der Waals surface area contributed by atoms with Crippen molar-refractivity contribution in [1.82, 2.24) is 4.90 Å². The highest BCUT2D eigenvalue weighted by Gasteiger charge is 2.24. The number of hydrogen-bond acceptors (Lipinski definition) is 2. The van der Waals surface area contributed by atoms with Gasteiger partial charge in [0.25, 0.3) is 0 Å². The second-order valence-electron chi connectivity index (χ2n) is 5.81. The van der Waals surface area contributed by atoms with Gasteiger partial charge in [0.05, 0.1) is 18.6 Å². The molecule has 0 saturated heterocycles. The Morgan fingerprint density at radius 2 is 1.83 bits per heavy atom. The molecular weight excluding hydrogens is 293 g/mol. The van der Waals surface area contributed by atoms with Gasteiger partial charge in [-0.2, -0.15) is 0 Å². The molecule has 1 amide bonds. The molecule has 0 radical (unpaired) electrons. The van der Waals surface area contributed by atoms with E-state index in [1.54, 1.807) is 33.0 Å². The largest absolute Gasteiger partial charge is 0.386 e. The minimum absolute atomic E-state index is 0.0130. The van der Waals surface area contributed by atoms with Crippen molar-refractivity contribution in [2.24, 2.45) is 0 Å². The molecule has 3 nitrogen and oxygen atoms in total. The number of hydrogen-bond donors (Lipinski definition) is 1. The monoisotopic (exact) mass is 315 g/mol. The maximum atomic E-state index is 13.9. The number of halogens is 1. The minimum Gasteiger partial charge on any atom is -0.386 e. The van der Waals surface area contributed by atoms with Crippen LogP contribution in [-0.4, -0.2) is 29.0 Å². The van der Waals surface area contributed by atoms with E-state index < -0.39 is 12.1 Å². The smallest absolute Gasteiger partial charge is 0.227 e. The van der Waals surface area contributed by atoms with Crippen molar-refractivity contribution in [2.75, 3.05) is 7.05 Å². The molecule has 2 unspecified atom stereocenters. The van der Waals surface area contributed by atoms with Gasteiger partial charge in [-0.15, -0.1) is 0 Å². The summed E-state index contributed by atoms with van der Waals surface area (Å²) in [6.45, 7) is 3.57. The maximum absolute atomic E-state index is 13.9. The zero-order valence-electron chi connectivity index (χ0n) is 13.7. The Hall–Kier alpha value is -2.20. The van der Waals surface area contributed by atoms with Crippen molar-refractivity contribution in [3.05, 3.63) is 71.0 Å². The lowest BCUT2D eigenvalue weighted by atomic mass is 10.0. The van der Waals surface area contributed by atoms with Crippen molar-refractivity contribution in [1.29, 1.82) is 0 Å². The number of aryl methyl sites for hydroxylation is 1. The van der Waals surface area contributed by atoms with Crippen molar-refractivity contribution in [3.8, 4) is 0 Å². The van der Waals surface area contributed by atoms with Crippen molar-refractivity contribution < 1.29 is 14.3 Å². The van der Waals surface area contributed by atoms with E-state index in [-0.39, 0.29) is 18.1 Å². The molecular formula is C19H22FNO2. The number of amides is 1. The van der Waals surface area contributed by atoms with E-state index in [2.05, 4.69) is 0 Å². The number of nitrogens with zero attached hydrogens (tertiary/aromatic N) is 1. The molecule has 23 heavy (non-hydrogen) atoms. The Kier molecular flexibility index (Phi) is 5.50. The number of aliphatic hydroxyl groups excluding tert-OH is 1. The first-order chi connectivity index (χ1) is 10.9. The normalized spacial score (nSPS) is 13.4. The molecule has 0 heterocycles. The summed E-state index contributed by atoms with van der Waals surface area (Å²) in [6.07, 6.45) is -0.798. The third kappa shape index (κ3) is 3.96. The van der Waals surface area contributed by atoms with Gasteiger partial charge in [0.1, 0.15) is 5.82 Å². The van der Waals surface area contributed by atoms with Crippen LogP contribution in [0.25, 0.3) is 0 Å². The molecule has 0 aliphatic carbocycles. The van der Waals surface area contributed by atoms with Gasteiger partial charge in [0, 0.05) is 12.6 Å². The maximum Gasteiger partial charge on any atom is 0.227 e. The van der Waals surface area contributed by atoms with Crippen LogP contribution in [0.5, 0.6) is 0 Å². The summed E-state index contributed by atoms with van der Waals surface area (Å²) in [4.78, 5) is 13.9.